The summed E-state index contributed by atoms with van der Waals surface area (Å²) < 4.78 is 13.1. The van der Waals surface area contributed by atoms with Gasteiger partial charge in [0.15, 0.2) is 0 Å². The van der Waals surface area contributed by atoms with Gasteiger partial charge in [0, 0.05) is 19.2 Å². The van der Waals surface area contributed by atoms with Crippen LogP contribution < -0.4 is 5.56 Å². The average Bonchev–Trinajstić information content (AvgIpc) is 2.44. The van der Waals surface area contributed by atoms with Crippen LogP contribution >= 0.6 is 0 Å². The van der Waals surface area contributed by atoms with E-state index in [1.165, 1.54) is 24.3 Å². The molecule has 2 aromatic rings. The van der Waals surface area contributed by atoms with Crippen molar-refractivity contribution in [3.05, 3.63) is 69.9 Å². The van der Waals surface area contributed by atoms with E-state index in [-0.39, 0.29) is 23.0 Å². The number of hydrogen-bond donors (Lipinski definition) is 1. The number of aromatic amines is 1. The molecule has 1 heterocycles. The summed E-state index contributed by atoms with van der Waals surface area (Å²) in [4.78, 5) is 27.6. The second-order valence-corrected chi connectivity index (χ2v) is 4.38. The van der Waals surface area contributed by atoms with E-state index >= 15 is 0 Å². The third-order valence-electron chi connectivity index (χ3n) is 2.93. The number of benzene rings is 1. The van der Waals surface area contributed by atoms with Crippen LogP contribution in [0.5, 0.6) is 0 Å². The number of carbonyl (C=O) groups is 1. The SMILES string of the molecule is CCN(Cc1cccc(F)c1)C(=O)c1cccc(=O)[nH]1. The summed E-state index contributed by atoms with van der Waals surface area (Å²) >= 11 is 0. The standard InChI is InChI=1S/C15H15FN2O2/c1-2-18(10-11-5-3-6-12(16)9-11)15(20)13-7-4-8-14(19)17-13/h3-9H,2,10H2,1H3,(H,17,19). The topological polar surface area (TPSA) is 53.2 Å². The number of amides is 1. The lowest BCUT2D eigenvalue weighted by Crippen LogP contribution is -2.32. The predicted octanol–water partition coefficient (Wildman–Crippen LogP) is 2.18. The van der Waals surface area contributed by atoms with Crippen molar-refractivity contribution in [2.24, 2.45) is 0 Å². The minimum Gasteiger partial charge on any atom is -0.333 e. The zero-order chi connectivity index (χ0) is 14.5. The van der Waals surface area contributed by atoms with E-state index < -0.39 is 0 Å². The molecule has 0 spiro atoms. The third kappa shape index (κ3) is 3.32. The number of hydrogen-bond acceptors (Lipinski definition) is 2. The predicted molar refractivity (Wildman–Crippen MR) is 73.9 cm³/mol. The second kappa shape index (κ2) is 6.14. The molecule has 0 aliphatic rings. The van der Waals surface area contributed by atoms with Gasteiger partial charge in [-0.05, 0) is 30.7 Å². The number of nitrogens with one attached hydrogen (secondary N) is 1. The summed E-state index contributed by atoms with van der Waals surface area (Å²) in [5.41, 5.74) is 0.617. The molecule has 1 aromatic carbocycles. The fourth-order valence-electron chi connectivity index (χ4n) is 1.93. The molecule has 1 N–H and O–H groups in total. The van der Waals surface area contributed by atoms with Gasteiger partial charge in [-0.3, -0.25) is 9.59 Å². The van der Waals surface area contributed by atoms with E-state index in [1.807, 2.05) is 6.92 Å². The molecule has 1 aromatic heterocycles. The largest absolute Gasteiger partial charge is 0.333 e. The smallest absolute Gasteiger partial charge is 0.270 e. The number of nitrogens with zero attached hydrogens (tertiary/aromatic N) is 1. The molecule has 2 rings (SSSR count). The van der Waals surface area contributed by atoms with E-state index in [4.69, 9.17) is 0 Å². The van der Waals surface area contributed by atoms with Crippen molar-refractivity contribution in [1.82, 2.24) is 9.88 Å². The maximum absolute atomic E-state index is 13.1. The number of H-pyrrole nitrogens is 1. The van der Waals surface area contributed by atoms with Crippen LogP contribution in [0.15, 0.2) is 47.3 Å². The Balaban J connectivity index is 2.20. The Morgan fingerprint density at radius 2 is 2.00 bits per heavy atom. The van der Waals surface area contributed by atoms with Crippen LogP contribution in [0.4, 0.5) is 4.39 Å². The van der Waals surface area contributed by atoms with E-state index in [0.717, 1.165) is 0 Å². The Hall–Kier alpha value is -2.43. The van der Waals surface area contributed by atoms with Crippen LogP contribution in [0.1, 0.15) is 23.0 Å². The zero-order valence-electron chi connectivity index (χ0n) is 11.1. The molecule has 5 heteroatoms. The van der Waals surface area contributed by atoms with Gasteiger partial charge in [0.2, 0.25) is 5.56 Å². The summed E-state index contributed by atoms with van der Waals surface area (Å²) in [6, 6.07) is 10.5. The maximum atomic E-state index is 13.1. The first-order valence-corrected chi connectivity index (χ1v) is 6.33. The summed E-state index contributed by atoms with van der Waals surface area (Å²) in [5.74, 6) is -0.617. The van der Waals surface area contributed by atoms with Crippen molar-refractivity contribution in [2.75, 3.05) is 6.54 Å². The minimum atomic E-state index is -0.334. The van der Waals surface area contributed by atoms with Crippen LogP contribution in [0.25, 0.3) is 0 Å². The van der Waals surface area contributed by atoms with Gasteiger partial charge in [0.1, 0.15) is 11.5 Å². The number of rotatable bonds is 4. The molecule has 0 aliphatic heterocycles. The quantitative estimate of drug-likeness (QED) is 0.929. The minimum absolute atomic E-state index is 0.232. The number of pyridine rings is 1. The first-order chi connectivity index (χ1) is 9.60. The zero-order valence-corrected chi connectivity index (χ0v) is 11.1. The Kier molecular flexibility index (Phi) is 4.30. The maximum Gasteiger partial charge on any atom is 0.270 e. The van der Waals surface area contributed by atoms with Gasteiger partial charge in [-0.1, -0.05) is 18.2 Å². The normalized spacial score (nSPS) is 10.3. The van der Waals surface area contributed by atoms with Crippen LogP contribution in [-0.4, -0.2) is 22.3 Å². The van der Waals surface area contributed by atoms with Gasteiger partial charge in [-0.2, -0.15) is 0 Å². The van der Waals surface area contributed by atoms with Crippen molar-refractivity contribution < 1.29 is 9.18 Å². The van der Waals surface area contributed by atoms with Gasteiger partial charge < -0.3 is 9.88 Å². The van der Waals surface area contributed by atoms with Crippen LogP contribution in [0, 0.1) is 5.82 Å². The molecular weight excluding hydrogens is 259 g/mol. The lowest BCUT2D eigenvalue weighted by atomic mass is 10.2. The van der Waals surface area contributed by atoms with E-state index in [1.54, 1.807) is 23.1 Å². The van der Waals surface area contributed by atoms with Crippen LogP contribution in [0.3, 0.4) is 0 Å². The molecule has 0 saturated carbocycles. The van der Waals surface area contributed by atoms with Crippen LogP contribution in [-0.2, 0) is 6.54 Å². The fraction of sp³-hybridized carbons (Fsp3) is 0.200. The summed E-state index contributed by atoms with van der Waals surface area (Å²) in [6.07, 6.45) is 0. The van der Waals surface area contributed by atoms with E-state index in [0.29, 0.717) is 18.7 Å². The second-order valence-electron chi connectivity index (χ2n) is 4.38. The van der Waals surface area contributed by atoms with Crippen LogP contribution in [0.2, 0.25) is 0 Å². The first kappa shape index (κ1) is 14.0. The van der Waals surface area contributed by atoms with Crippen molar-refractivity contribution in [2.45, 2.75) is 13.5 Å². The summed E-state index contributed by atoms with van der Waals surface area (Å²) in [6.45, 7) is 2.59. The van der Waals surface area contributed by atoms with Gasteiger partial charge >= 0.3 is 0 Å². The molecule has 1 amide bonds. The van der Waals surface area contributed by atoms with E-state index in [9.17, 15) is 14.0 Å². The fourth-order valence-corrected chi connectivity index (χ4v) is 1.93. The molecule has 0 aliphatic carbocycles. The monoisotopic (exact) mass is 274 g/mol. The number of aromatic nitrogens is 1. The molecular formula is C15H15FN2O2. The molecule has 0 atom stereocenters. The molecule has 0 unspecified atom stereocenters. The summed E-state index contributed by atoms with van der Waals surface area (Å²) in [5, 5.41) is 0. The van der Waals surface area contributed by atoms with Crippen molar-refractivity contribution in [3.8, 4) is 0 Å². The molecule has 104 valence electrons. The van der Waals surface area contributed by atoms with Crippen molar-refractivity contribution >= 4 is 5.91 Å². The Labute approximate surface area is 115 Å². The molecule has 0 saturated heterocycles. The molecule has 0 fully saturated rings. The highest BCUT2D eigenvalue weighted by atomic mass is 19.1. The van der Waals surface area contributed by atoms with Gasteiger partial charge in [-0.15, -0.1) is 0 Å². The third-order valence-corrected chi connectivity index (χ3v) is 2.93. The lowest BCUT2D eigenvalue weighted by Gasteiger charge is -2.20. The Morgan fingerprint density at radius 1 is 1.25 bits per heavy atom. The highest BCUT2D eigenvalue weighted by Crippen LogP contribution is 2.09. The molecule has 0 radical (unpaired) electrons. The molecule has 4 nitrogen and oxygen atoms in total. The van der Waals surface area contributed by atoms with E-state index in [2.05, 4.69) is 4.98 Å². The van der Waals surface area contributed by atoms with Gasteiger partial charge in [-0.25, -0.2) is 4.39 Å². The average molecular weight is 274 g/mol. The highest BCUT2D eigenvalue weighted by Gasteiger charge is 2.15. The van der Waals surface area contributed by atoms with Crippen molar-refractivity contribution in [1.29, 1.82) is 0 Å². The Bertz CT molecular complexity index is 667. The number of carbonyl (C=O) groups excluding carboxylic acids is 1. The molecule has 0 bridgehead atoms. The molecule has 20 heavy (non-hydrogen) atoms. The van der Waals surface area contributed by atoms with Gasteiger partial charge in [0.25, 0.3) is 5.91 Å². The number of halogens is 1. The highest BCUT2D eigenvalue weighted by molar-refractivity contribution is 5.92. The summed E-state index contributed by atoms with van der Waals surface area (Å²) in [7, 11) is 0. The Morgan fingerprint density at radius 3 is 2.65 bits per heavy atom. The first-order valence-electron chi connectivity index (χ1n) is 6.33. The van der Waals surface area contributed by atoms with Gasteiger partial charge in [0.05, 0.1) is 0 Å². The lowest BCUT2D eigenvalue weighted by molar-refractivity contribution is 0.0746. The van der Waals surface area contributed by atoms with Crippen molar-refractivity contribution in [3.63, 3.8) is 0 Å².